The number of amides is 1. The average Bonchev–Trinajstić information content (AvgIpc) is 1.98. The zero-order valence-corrected chi connectivity index (χ0v) is 6.20. The molecule has 3 N–H and O–H groups in total. The normalized spacial score (nSPS) is 12.2. The second-order valence-electron chi connectivity index (χ2n) is 2.20. The Bertz CT molecular complexity index is 157. The molecular weight excluding hydrogens is 150 g/mol. The molecule has 0 aromatic carbocycles. The van der Waals surface area contributed by atoms with Gasteiger partial charge in [-0.15, -0.1) is 0 Å². The largest absolute Gasteiger partial charge is 0.480 e. The minimum Gasteiger partial charge on any atom is -0.480 e. The van der Waals surface area contributed by atoms with Gasteiger partial charge in [0.15, 0.2) is 0 Å². The van der Waals surface area contributed by atoms with Gasteiger partial charge in [0.25, 0.3) is 0 Å². The van der Waals surface area contributed by atoms with E-state index in [2.05, 4.69) is 5.32 Å². The van der Waals surface area contributed by atoms with E-state index in [1.54, 1.807) is 0 Å². The highest BCUT2D eigenvalue weighted by Gasteiger charge is 2.11. The molecule has 5 heteroatoms. The molecule has 0 aromatic rings. The molecule has 0 saturated heterocycles. The van der Waals surface area contributed by atoms with Crippen molar-refractivity contribution in [1.82, 2.24) is 5.32 Å². The summed E-state index contributed by atoms with van der Waals surface area (Å²) < 4.78 is 0. The number of carbonyl (C=O) groups is 2. The number of aliphatic hydroxyl groups excluding tert-OH is 1. The summed E-state index contributed by atoms with van der Waals surface area (Å²) in [5.41, 5.74) is 0. The maximum atomic E-state index is 10.7. The fourth-order valence-electron chi connectivity index (χ4n) is 0.420. The first kappa shape index (κ1) is 9.90. The van der Waals surface area contributed by atoms with Crippen LogP contribution in [0.15, 0.2) is 0 Å². The first-order valence-corrected chi connectivity index (χ1v) is 3.18. The van der Waals surface area contributed by atoms with Gasteiger partial charge in [-0.05, 0) is 0 Å². The fourth-order valence-corrected chi connectivity index (χ4v) is 0.420. The quantitative estimate of drug-likeness (QED) is 0.484. The summed E-state index contributed by atoms with van der Waals surface area (Å²) in [5, 5.41) is 18.7. The Hall–Kier alpha value is -1.10. The van der Waals surface area contributed by atoms with Gasteiger partial charge in [0.05, 0.1) is 12.5 Å². The van der Waals surface area contributed by atoms with Crippen LogP contribution in [0.1, 0.15) is 6.92 Å². The van der Waals surface area contributed by atoms with E-state index >= 15 is 0 Å². The lowest BCUT2D eigenvalue weighted by atomic mass is 10.2. The molecular formula is C6H11NO4. The number of rotatable bonds is 4. The molecule has 0 aliphatic rings. The van der Waals surface area contributed by atoms with Crippen molar-refractivity contribution >= 4 is 11.9 Å². The molecule has 5 nitrogen and oxygen atoms in total. The smallest absolute Gasteiger partial charge is 0.322 e. The first-order chi connectivity index (χ1) is 5.07. The van der Waals surface area contributed by atoms with E-state index in [4.69, 9.17) is 10.2 Å². The summed E-state index contributed by atoms with van der Waals surface area (Å²) in [7, 11) is 0. The molecule has 1 unspecified atom stereocenters. The number of carbonyl (C=O) groups excluding carboxylic acids is 1. The number of aliphatic carboxylic acids is 1. The molecule has 0 heterocycles. The number of hydrogen-bond donors (Lipinski definition) is 3. The molecule has 0 radical (unpaired) electrons. The lowest BCUT2D eigenvalue weighted by molar-refractivity contribution is -0.138. The van der Waals surface area contributed by atoms with E-state index in [0.717, 1.165) is 0 Å². The van der Waals surface area contributed by atoms with Crippen LogP contribution < -0.4 is 5.32 Å². The molecule has 64 valence electrons. The first-order valence-electron chi connectivity index (χ1n) is 3.18. The van der Waals surface area contributed by atoms with Crippen molar-refractivity contribution in [1.29, 1.82) is 0 Å². The Balaban J connectivity index is 3.60. The van der Waals surface area contributed by atoms with Gasteiger partial charge in [-0.3, -0.25) is 9.59 Å². The van der Waals surface area contributed by atoms with E-state index in [1.165, 1.54) is 6.92 Å². The third-order valence-electron chi connectivity index (χ3n) is 1.14. The Morgan fingerprint density at radius 1 is 1.55 bits per heavy atom. The van der Waals surface area contributed by atoms with Crippen LogP contribution in [-0.2, 0) is 9.59 Å². The number of hydrogen-bond acceptors (Lipinski definition) is 3. The Labute approximate surface area is 64.0 Å². The third-order valence-corrected chi connectivity index (χ3v) is 1.14. The SMILES string of the molecule is CC(CO)C(=O)NCC(=O)O. The zero-order chi connectivity index (χ0) is 8.85. The van der Waals surface area contributed by atoms with Crippen LogP contribution in [-0.4, -0.2) is 35.2 Å². The molecule has 1 atom stereocenters. The van der Waals surface area contributed by atoms with Crippen LogP contribution in [0.5, 0.6) is 0 Å². The highest BCUT2D eigenvalue weighted by Crippen LogP contribution is 1.90. The van der Waals surface area contributed by atoms with Gasteiger partial charge in [-0.1, -0.05) is 6.92 Å². The van der Waals surface area contributed by atoms with Crippen molar-refractivity contribution in [2.24, 2.45) is 5.92 Å². The highest BCUT2D eigenvalue weighted by atomic mass is 16.4. The van der Waals surface area contributed by atoms with Crippen molar-refractivity contribution in [3.63, 3.8) is 0 Å². The predicted octanol–water partition coefficient (Wildman–Crippen LogP) is -1.18. The Morgan fingerprint density at radius 3 is 2.45 bits per heavy atom. The number of carboxylic acid groups (broad SMARTS) is 1. The summed E-state index contributed by atoms with van der Waals surface area (Å²) in [6.45, 7) is 0.839. The maximum Gasteiger partial charge on any atom is 0.322 e. The standard InChI is InChI=1S/C6H11NO4/c1-4(3-8)6(11)7-2-5(9)10/h4,8H,2-3H2,1H3,(H,7,11)(H,9,10). The van der Waals surface area contributed by atoms with Crippen molar-refractivity contribution < 1.29 is 19.8 Å². The Morgan fingerprint density at radius 2 is 2.09 bits per heavy atom. The zero-order valence-electron chi connectivity index (χ0n) is 6.20. The molecule has 0 bridgehead atoms. The van der Waals surface area contributed by atoms with Crippen LogP contribution in [0, 0.1) is 5.92 Å². The van der Waals surface area contributed by atoms with Crippen LogP contribution in [0.3, 0.4) is 0 Å². The number of nitrogens with one attached hydrogen (secondary N) is 1. The number of aliphatic hydroxyl groups is 1. The van der Waals surface area contributed by atoms with E-state index in [0.29, 0.717) is 0 Å². The van der Waals surface area contributed by atoms with Crippen LogP contribution in [0.25, 0.3) is 0 Å². The molecule has 0 spiro atoms. The van der Waals surface area contributed by atoms with Gasteiger partial charge in [0.1, 0.15) is 6.54 Å². The van der Waals surface area contributed by atoms with Crippen LogP contribution in [0.4, 0.5) is 0 Å². The third kappa shape index (κ3) is 4.32. The van der Waals surface area contributed by atoms with Crippen molar-refractivity contribution in [3.8, 4) is 0 Å². The summed E-state index contributed by atoms with van der Waals surface area (Å²) in [6, 6.07) is 0. The molecule has 0 fully saturated rings. The van der Waals surface area contributed by atoms with Crippen molar-refractivity contribution in [3.05, 3.63) is 0 Å². The number of carboxylic acids is 1. The van der Waals surface area contributed by atoms with Gasteiger partial charge >= 0.3 is 5.97 Å². The summed E-state index contributed by atoms with van der Waals surface area (Å²) in [5.74, 6) is -2.09. The topological polar surface area (TPSA) is 86.6 Å². The van der Waals surface area contributed by atoms with Gasteiger partial charge in [0.2, 0.25) is 5.91 Å². The van der Waals surface area contributed by atoms with Crippen molar-refractivity contribution in [2.75, 3.05) is 13.2 Å². The lowest BCUT2D eigenvalue weighted by Crippen LogP contribution is -2.34. The van der Waals surface area contributed by atoms with E-state index in [9.17, 15) is 9.59 Å². The van der Waals surface area contributed by atoms with Gasteiger partial charge in [-0.2, -0.15) is 0 Å². The minimum atomic E-state index is -1.09. The van der Waals surface area contributed by atoms with Gasteiger partial charge in [-0.25, -0.2) is 0 Å². The van der Waals surface area contributed by atoms with E-state index in [-0.39, 0.29) is 6.61 Å². The van der Waals surface area contributed by atoms with Crippen molar-refractivity contribution in [2.45, 2.75) is 6.92 Å². The van der Waals surface area contributed by atoms with Crippen LogP contribution in [0.2, 0.25) is 0 Å². The molecule has 0 rings (SSSR count). The van der Waals surface area contributed by atoms with E-state index in [1.807, 2.05) is 0 Å². The van der Waals surface area contributed by atoms with E-state index < -0.39 is 24.3 Å². The molecule has 11 heavy (non-hydrogen) atoms. The van der Waals surface area contributed by atoms with Gasteiger partial charge in [0, 0.05) is 0 Å². The summed E-state index contributed by atoms with van der Waals surface area (Å²) >= 11 is 0. The molecule has 0 saturated carbocycles. The van der Waals surface area contributed by atoms with Gasteiger partial charge < -0.3 is 15.5 Å². The summed E-state index contributed by atoms with van der Waals surface area (Å²) in [6.07, 6.45) is 0. The molecule has 0 aliphatic heterocycles. The highest BCUT2D eigenvalue weighted by molar-refractivity contribution is 5.82. The second-order valence-corrected chi connectivity index (χ2v) is 2.20. The molecule has 1 amide bonds. The average molecular weight is 161 g/mol. The second kappa shape index (κ2) is 4.68. The monoisotopic (exact) mass is 161 g/mol. The Kier molecular flexibility index (Phi) is 4.21. The molecule has 0 aliphatic carbocycles. The molecule has 0 aromatic heterocycles. The van der Waals surface area contributed by atoms with Crippen LogP contribution >= 0.6 is 0 Å². The summed E-state index contributed by atoms with van der Waals surface area (Å²) in [4.78, 5) is 20.7. The predicted molar refractivity (Wildman–Crippen MR) is 36.9 cm³/mol. The fraction of sp³-hybridized carbons (Fsp3) is 0.667. The lowest BCUT2D eigenvalue weighted by Gasteiger charge is -2.06. The minimum absolute atomic E-state index is 0.272. The maximum absolute atomic E-state index is 10.7.